The van der Waals surface area contributed by atoms with E-state index >= 15 is 0 Å². The Morgan fingerprint density at radius 2 is 1.76 bits per heavy atom. The van der Waals surface area contributed by atoms with Crippen molar-refractivity contribution in [2.45, 2.75) is 19.9 Å². The smallest absolute Gasteiger partial charge is 0.196 e. The summed E-state index contributed by atoms with van der Waals surface area (Å²) in [5.41, 5.74) is 4.16. The predicted molar refractivity (Wildman–Crippen MR) is 86.7 cm³/mol. The third-order valence-corrected chi connectivity index (χ3v) is 4.59. The number of hydrogen-bond donors (Lipinski definition) is 0. The van der Waals surface area contributed by atoms with Gasteiger partial charge in [-0.25, -0.2) is 0 Å². The molecule has 2 aromatic rings. The number of benzene rings is 2. The molecule has 0 fully saturated rings. The molecule has 0 saturated heterocycles. The normalized spacial score (nSPS) is 17.0. The summed E-state index contributed by atoms with van der Waals surface area (Å²) in [6.45, 7) is 4.01. The lowest BCUT2D eigenvalue weighted by Gasteiger charge is -2.18. The fraction of sp³-hybridized carbons (Fsp3) is 0.188. The zero-order valence-electron chi connectivity index (χ0n) is 11.5. The first-order chi connectivity index (χ1) is 9.95. The van der Waals surface area contributed by atoms with Gasteiger partial charge in [-0.15, -0.1) is 0 Å². The highest BCUT2D eigenvalue weighted by molar-refractivity contribution is 9.10. The van der Waals surface area contributed by atoms with Crippen molar-refractivity contribution in [2.24, 2.45) is 10.2 Å². The molecule has 2 aromatic carbocycles. The highest BCUT2D eigenvalue weighted by Gasteiger charge is 2.28. The van der Waals surface area contributed by atoms with Gasteiger partial charge in [0.15, 0.2) is 11.8 Å². The number of carbonyl (C=O) groups excluding carboxylic acids is 1. The van der Waals surface area contributed by atoms with Gasteiger partial charge in [0.2, 0.25) is 0 Å². The van der Waals surface area contributed by atoms with E-state index in [9.17, 15) is 4.79 Å². The number of halogens is 2. The molecule has 3 rings (SSSR count). The van der Waals surface area contributed by atoms with Gasteiger partial charge in [0, 0.05) is 10.0 Å². The Morgan fingerprint density at radius 3 is 2.43 bits per heavy atom. The summed E-state index contributed by atoms with van der Waals surface area (Å²) < 4.78 is 0.688. The van der Waals surface area contributed by atoms with Crippen LogP contribution in [0, 0.1) is 13.8 Å². The second-order valence-corrected chi connectivity index (χ2v) is 6.45. The SMILES string of the molecule is Cc1cc(C)cc(C2N=Nc3cc(Cl)c(Br)cc3C2=O)c1. The molecule has 1 aliphatic heterocycles. The maximum Gasteiger partial charge on any atom is 0.196 e. The van der Waals surface area contributed by atoms with E-state index in [1.807, 2.05) is 26.0 Å². The summed E-state index contributed by atoms with van der Waals surface area (Å²) in [4.78, 5) is 12.7. The number of hydrogen-bond acceptors (Lipinski definition) is 3. The van der Waals surface area contributed by atoms with Crippen molar-refractivity contribution in [3.05, 3.63) is 62.1 Å². The molecule has 0 aliphatic carbocycles. The number of fused-ring (bicyclic) bond motifs is 1. The average molecular weight is 364 g/mol. The topological polar surface area (TPSA) is 41.8 Å². The Balaban J connectivity index is 2.09. The summed E-state index contributed by atoms with van der Waals surface area (Å²) in [5, 5.41) is 8.86. The number of azo groups is 1. The number of aryl methyl sites for hydroxylation is 2. The van der Waals surface area contributed by atoms with Crippen molar-refractivity contribution in [3.63, 3.8) is 0 Å². The summed E-state index contributed by atoms with van der Waals surface area (Å²) in [6.07, 6.45) is 0. The highest BCUT2D eigenvalue weighted by atomic mass is 79.9. The van der Waals surface area contributed by atoms with Crippen LogP contribution in [0.15, 0.2) is 45.0 Å². The Morgan fingerprint density at radius 1 is 1.10 bits per heavy atom. The number of ketones is 1. The monoisotopic (exact) mass is 362 g/mol. The van der Waals surface area contributed by atoms with E-state index in [-0.39, 0.29) is 5.78 Å². The zero-order chi connectivity index (χ0) is 15.1. The van der Waals surface area contributed by atoms with Crippen LogP contribution in [0.2, 0.25) is 5.02 Å². The molecular formula is C16H12BrClN2O. The minimum Gasteiger partial charge on any atom is -0.291 e. The molecule has 1 aliphatic rings. The molecule has 1 heterocycles. The van der Waals surface area contributed by atoms with Gasteiger partial charge < -0.3 is 0 Å². The molecule has 1 unspecified atom stereocenters. The van der Waals surface area contributed by atoms with Crippen molar-refractivity contribution in [1.82, 2.24) is 0 Å². The van der Waals surface area contributed by atoms with Crippen molar-refractivity contribution in [3.8, 4) is 0 Å². The Kier molecular flexibility index (Phi) is 3.68. The van der Waals surface area contributed by atoms with Gasteiger partial charge in [0.05, 0.1) is 10.7 Å². The minimum atomic E-state index is -0.579. The van der Waals surface area contributed by atoms with E-state index in [1.165, 1.54) is 0 Å². The number of carbonyl (C=O) groups is 1. The molecule has 0 aromatic heterocycles. The first kappa shape index (κ1) is 14.4. The van der Waals surface area contributed by atoms with E-state index in [4.69, 9.17) is 11.6 Å². The second kappa shape index (κ2) is 5.35. The van der Waals surface area contributed by atoms with Gasteiger partial charge >= 0.3 is 0 Å². The molecule has 0 bridgehead atoms. The van der Waals surface area contributed by atoms with Crippen molar-refractivity contribution < 1.29 is 4.79 Å². The maximum atomic E-state index is 12.7. The van der Waals surface area contributed by atoms with Crippen LogP contribution in [0.1, 0.15) is 33.1 Å². The van der Waals surface area contributed by atoms with E-state index in [0.717, 1.165) is 16.7 Å². The van der Waals surface area contributed by atoms with Crippen molar-refractivity contribution >= 4 is 39.0 Å². The maximum absolute atomic E-state index is 12.7. The average Bonchev–Trinajstić information content (AvgIpc) is 2.40. The third-order valence-electron chi connectivity index (χ3n) is 3.39. The lowest BCUT2D eigenvalue weighted by molar-refractivity contribution is 0.0956. The van der Waals surface area contributed by atoms with Crippen LogP contribution in [0.3, 0.4) is 0 Å². The predicted octanol–water partition coefficient (Wildman–Crippen LogP) is 5.74. The molecule has 0 N–H and O–H groups in total. The van der Waals surface area contributed by atoms with Crippen LogP contribution >= 0.6 is 27.5 Å². The van der Waals surface area contributed by atoms with Gasteiger partial charge in [0.25, 0.3) is 0 Å². The van der Waals surface area contributed by atoms with Gasteiger partial charge in [-0.05, 0) is 47.5 Å². The molecule has 5 heteroatoms. The minimum absolute atomic E-state index is 0.0534. The molecule has 21 heavy (non-hydrogen) atoms. The molecular weight excluding hydrogens is 352 g/mol. The number of rotatable bonds is 1. The molecule has 0 spiro atoms. The van der Waals surface area contributed by atoms with Gasteiger partial charge in [-0.2, -0.15) is 10.2 Å². The molecule has 3 nitrogen and oxygen atoms in total. The molecule has 106 valence electrons. The second-order valence-electron chi connectivity index (χ2n) is 5.19. The van der Waals surface area contributed by atoms with Gasteiger partial charge in [-0.1, -0.05) is 40.9 Å². The van der Waals surface area contributed by atoms with Crippen LogP contribution in [0.25, 0.3) is 0 Å². The number of Topliss-reactive ketones (excluding diaryl/α,β-unsaturated/α-hetero) is 1. The summed E-state index contributed by atoms with van der Waals surface area (Å²) >= 11 is 9.37. The Labute approximate surface area is 136 Å². The van der Waals surface area contributed by atoms with Gasteiger partial charge in [0.1, 0.15) is 0 Å². The molecule has 0 radical (unpaired) electrons. The fourth-order valence-corrected chi connectivity index (χ4v) is 3.02. The summed E-state index contributed by atoms with van der Waals surface area (Å²) in [7, 11) is 0. The summed E-state index contributed by atoms with van der Waals surface area (Å²) in [5.74, 6) is -0.0534. The Hall–Kier alpha value is -1.52. The van der Waals surface area contributed by atoms with E-state index in [0.29, 0.717) is 20.7 Å². The van der Waals surface area contributed by atoms with Crippen molar-refractivity contribution in [1.29, 1.82) is 0 Å². The largest absolute Gasteiger partial charge is 0.291 e. The van der Waals surface area contributed by atoms with E-state index < -0.39 is 6.04 Å². The zero-order valence-corrected chi connectivity index (χ0v) is 13.9. The lowest BCUT2D eigenvalue weighted by Crippen LogP contribution is -2.14. The van der Waals surface area contributed by atoms with Crippen LogP contribution < -0.4 is 0 Å². The van der Waals surface area contributed by atoms with Crippen LogP contribution in [-0.2, 0) is 0 Å². The molecule has 1 atom stereocenters. The first-order valence-electron chi connectivity index (χ1n) is 6.48. The summed E-state index contributed by atoms with van der Waals surface area (Å²) in [6, 6.07) is 8.81. The highest BCUT2D eigenvalue weighted by Crippen LogP contribution is 2.38. The Bertz CT molecular complexity index is 766. The standard InChI is InChI=1S/C16H12BrClN2O/c1-8-3-9(2)5-10(4-8)15-16(21)11-6-12(17)13(18)7-14(11)19-20-15/h3-7,15H,1-2H3. The van der Waals surface area contributed by atoms with E-state index in [1.54, 1.807) is 12.1 Å². The van der Waals surface area contributed by atoms with Crippen LogP contribution in [0.4, 0.5) is 5.69 Å². The van der Waals surface area contributed by atoms with Gasteiger partial charge in [-0.3, -0.25) is 4.79 Å². The van der Waals surface area contributed by atoms with Crippen LogP contribution in [0.5, 0.6) is 0 Å². The quantitative estimate of drug-likeness (QED) is 0.637. The molecule has 0 saturated carbocycles. The number of nitrogens with zero attached hydrogens (tertiary/aromatic N) is 2. The van der Waals surface area contributed by atoms with Crippen LogP contribution in [-0.4, -0.2) is 5.78 Å². The first-order valence-corrected chi connectivity index (χ1v) is 7.65. The third kappa shape index (κ3) is 2.65. The van der Waals surface area contributed by atoms with E-state index in [2.05, 4.69) is 32.2 Å². The molecule has 0 amide bonds. The fourth-order valence-electron chi connectivity index (χ4n) is 2.52. The van der Waals surface area contributed by atoms with Crippen molar-refractivity contribution in [2.75, 3.05) is 0 Å². The lowest BCUT2D eigenvalue weighted by atomic mass is 9.94.